The van der Waals surface area contributed by atoms with Gasteiger partial charge in [-0.1, -0.05) is 11.6 Å². The molecule has 5 nitrogen and oxygen atoms in total. The van der Waals surface area contributed by atoms with E-state index in [4.69, 9.17) is 16.3 Å². The molecule has 1 aliphatic carbocycles. The van der Waals surface area contributed by atoms with Gasteiger partial charge in [0.1, 0.15) is 17.4 Å². The summed E-state index contributed by atoms with van der Waals surface area (Å²) in [5.74, 6) is 2.77. The molecular weight excluding hydrogens is 391 g/mol. The Hall–Kier alpha value is -2.44. The van der Waals surface area contributed by atoms with Gasteiger partial charge in [0.05, 0.1) is 18.3 Å². The minimum atomic E-state index is -0.246. The number of ether oxygens (including phenoxy) is 1. The monoisotopic (exact) mass is 412 g/mol. The molecule has 0 bridgehead atoms. The van der Waals surface area contributed by atoms with Gasteiger partial charge < -0.3 is 10.1 Å². The molecule has 150 valence electrons. The van der Waals surface area contributed by atoms with Crippen LogP contribution in [0.1, 0.15) is 48.8 Å². The molecule has 1 aromatic heterocycles. The van der Waals surface area contributed by atoms with Gasteiger partial charge >= 0.3 is 0 Å². The second-order valence-electron chi connectivity index (χ2n) is 7.73. The fourth-order valence-corrected chi connectivity index (χ4v) is 4.53. The van der Waals surface area contributed by atoms with Crippen LogP contribution in [0.2, 0.25) is 5.02 Å². The van der Waals surface area contributed by atoms with E-state index in [1.54, 1.807) is 12.1 Å². The molecule has 0 radical (unpaired) electrons. The second kappa shape index (κ2) is 7.76. The quantitative estimate of drug-likeness (QED) is 0.673. The third kappa shape index (κ3) is 3.74. The largest absolute Gasteiger partial charge is 0.490 e. The van der Waals surface area contributed by atoms with Crippen molar-refractivity contribution in [3.8, 4) is 11.4 Å². The van der Waals surface area contributed by atoms with E-state index in [1.807, 2.05) is 12.1 Å². The lowest BCUT2D eigenvalue weighted by Gasteiger charge is -2.29. The van der Waals surface area contributed by atoms with Crippen LogP contribution in [0.25, 0.3) is 5.69 Å². The van der Waals surface area contributed by atoms with E-state index in [2.05, 4.69) is 26.1 Å². The highest BCUT2D eigenvalue weighted by Gasteiger charge is 2.30. The minimum Gasteiger partial charge on any atom is -0.490 e. The lowest BCUT2D eigenvalue weighted by molar-refractivity contribution is 0.144. The predicted molar refractivity (Wildman–Crippen MR) is 109 cm³/mol. The highest BCUT2D eigenvalue weighted by Crippen LogP contribution is 2.36. The highest BCUT2D eigenvalue weighted by molar-refractivity contribution is 6.30. The molecule has 1 N–H and O–H groups in total. The summed E-state index contributed by atoms with van der Waals surface area (Å²) in [4.78, 5) is 0. The smallest absolute Gasteiger partial charge is 0.151 e. The Kier molecular flexibility index (Phi) is 4.97. The highest BCUT2D eigenvalue weighted by atomic mass is 35.5. The van der Waals surface area contributed by atoms with Crippen LogP contribution in [0, 0.1) is 5.82 Å². The number of hydrogen-bond acceptors (Lipinski definition) is 4. The summed E-state index contributed by atoms with van der Waals surface area (Å²) < 4.78 is 21.3. The molecule has 2 aromatic carbocycles. The van der Waals surface area contributed by atoms with Crippen LogP contribution in [0.4, 0.5) is 4.39 Å². The van der Waals surface area contributed by atoms with Crippen molar-refractivity contribution in [3.63, 3.8) is 0 Å². The van der Waals surface area contributed by atoms with Crippen molar-refractivity contribution in [2.45, 2.75) is 50.8 Å². The van der Waals surface area contributed by atoms with E-state index >= 15 is 0 Å². The summed E-state index contributed by atoms with van der Waals surface area (Å²) in [5, 5.41) is 13.2. The van der Waals surface area contributed by atoms with Crippen LogP contribution in [0.15, 0.2) is 42.5 Å². The number of fused-ring (bicyclic) bond motifs is 3. The molecule has 1 fully saturated rings. The summed E-state index contributed by atoms with van der Waals surface area (Å²) in [5.41, 5.74) is 2.27. The number of benzene rings is 2. The zero-order valence-electron chi connectivity index (χ0n) is 15.9. The molecule has 2 heterocycles. The van der Waals surface area contributed by atoms with Crippen LogP contribution >= 0.6 is 11.6 Å². The predicted octanol–water partition coefficient (Wildman–Crippen LogP) is 4.77. The molecule has 7 heteroatoms. The average Bonchev–Trinajstić information content (AvgIpc) is 3.06. The summed E-state index contributed by atoms with van der Waals surface area (Å²) in [6, 6.07) is 12.2. The zero-order valence-corrected chi connectivity index (χ0v) is 16.7. The lowest BCUT2D eigenvalue weighted by Crippen LogP contribution is -2.25. The molecule has 2 aliphatic rings. The van der Waals surface area contributed by atoms with Gasteiger partial charge in [-0.15, -0.1) is 10.2 Å². The number of nitrogens with one attached hydrogen (secondary N) is 1. The summed E-state index contributed by atoms with van der Waals surface area (Å²) in [7, 11) is 0. The van der Waals surface area contributed by atoms with Gasteiger partial charge in [-0.05, 0) is 73.7 Å². The fraction of sp³-hybridized carbons (Fsp3) is 0.364. The summed E-state index contributed by atoms with van der Waals surface area (Å²) in [6.45, 7) is 1.44. The van der Waals surface area contributed by atoms with Crippen molar-refractivity contribution in [2.24, 2.45) is 0 Å². The first kappa shape index (κ1) is 18.6. The van der Waals surface area contributed by atoms with Crippen molar-refractivity contribution in [1.82, 2.24) is 20.1 Å². The molecule has 0 saturated heterocycles. The Morgan fingerprint density at radius 1 is 1.00 bits per heavy atom. The first-order valence-corrected chi connectivity index (χ1v) is 10.4. The van der Waals surface area contributed by atoms with Crippen LogP contribution in [-0.2, 0) is 13.1 Å². The summed E-state index contributed by atoms with van der Waals surface area (Å²) in [6.07, 6.45) is 4.00. The van der Waals surface area contributed by atoms with Gasteiger partial charge in [0.2, 0.25) is 0 Å². The van der Waals surface area contributed by atoms with Crippen molar-refractivity contribution >= 4 is 11.6 Å². The second-order valence-corrected chi connectivity index (χ2v) is 8.17. The van der Waals surface area contributed by atoms with Gasteiger partial charge in [0.25, 0.3) is 0 Å². The first-order chi connectivity index (χ1) is 14.2. The Morgan fingerprint density at radius 3 is 2.59 bits per heavy atom. The normalized spacial score (nSPS) is 21.2. The average molecular weight is 413 g/mol. The van der Waals surface area contributed by atoms with Crippen molar-refractivity contribution in [3.05, 3.63) is 70.5 Å². The van der Waals surface area contributed by atoms with Crippen LogP contribution in [0.5, 0.6) is 5.75 Å². The molecule has 0 spiro atoms. The summed E-state index contributed by atoms with van der Waals surface area (Å²) >= 11 is 6.21. The van der Waals surface area contributed by atoms with Crippen molar-refractivity contribution in [2.75, 3.05) is 0 Å². The topological polar surface area (TPSA) is 52.0 Å². The van der Waals surface area contributed by atoms with E-state index in [9.17, 15) is 4.39 Å². The van der Waals surface area contributed by atoms with Gasteiger partial charge in [-0.3, -0.25) is 4.57 Å². The van der Waals surface area contributed by atoms with Crippen molar-refractivity contribution < 1.29 is 9.13 Å². The molecule has 0 unspecified atom stereocenters. The Balaban J connectivity index is 1.34. The zero-order chi connectivity index (χ0) is 19.8. The molecule has 29 heavy (non-hydrogen) atoms. The van der Waals surface area contributed by atoms with E-state index in [0.717, 1.165) is 65.9 Å². The van der Waals surface area contributed by atoms with Gasteiger partial charge in [-0.25, -0.2) is 4.39 Å². The molecular formula is C22H22ClFN4O. The molecule has 5 rings (SSSR count). The van der Waals surface area contributed by atoms with E-state index in [-0.39, 0.29) is 11.9 Å². The lowest BCUT2D eigenvalue weighted by atomic mass is 9.86. The van der Waals surface area contributed by atoms with E-state index < -0.39 is 0 Å². The SMILES string of the molecule is Fc1ccc(O[C@H]2CC[C@H](c3nnc4n3-c3ccc(Cl)cc3CNC4)CC2)cc1. The van der Waals surface area contributed by atoms with Gasteiger partial charge in [0.15, 0.2) is 5.82 Å². The number of rotatable bonds is 3. The van der Waals surface area contributed by atoms with Crippen molar-refractivity contribution in [1.29, 1.82) is 0 Å². The number of halogens is 2. The van der Waals surface area contributed by atoms with Gasteiger partial charge in [-0.2, -0.15) is 0 Å². The molecule has 0 atom stereocenters. The third-order valence-electron chi connectivity index (χ3n) is 5.79. The Bertz CT molecular complexity index is 1010. The minimum absolute atomic E-state index is 0.149. The van der Waals surface area contributed by atoms with Crippen LogP contribution in [0.3, 0.4) is 0 Å². The number of aromatic nitrogens is 3. The maximum Gasteiger partial charge on any atom is 0.151 e. The Morgan fingerprint density at radius 2 is 1.79 bits per heavy atom. The Labute approximate surface area is 173 Å². The maximum absolute atomic E-state index is 13.1. The first-order valence-electron chi connectivity index (χ1n) is 10.0. The molecule has 1 saturated carbocycles. The number of hydrogen-bond donors (Lipinski definition) is 1. The maximum atomic E-state index is 13.1. The standard InChI is InChI=1S/C22H22ClFN4O/c23-16-3-10-20-15(11-16)12-25-13-21-26-27-22(28(20)21)14-1-6-18(7-2-14)29-19-8-4-17(24)5-9-19/h3-5,8-11,14,18,25H,1-2,6-7,12-13H2/t14-,18-. The van der Waals surface area contributed by atoms with E-state index in [1.165, 1.54) is 12.1 Å². The van der Waals surface area contributed by atoms with Gasteiger partial charge in [0, 0.05) is 17.5 Å². The van der Waals surface area contributed by atoms with Crippen LogP contribution in [-0.4, -0.2) is 20.9 Å². The molecule has 3 aromatic rings. The fourth-order valence-electron chi connectivity index (χ4n) is 4.34. The number of nitrogens with zero attached hydrogens (tertiary/aromatic N) is 3. The molecule has 1 aliphatic heterocycles. The third-order valence-corrected chi connectivity index (χ3v) is 6.03. The van der Waals surface area contributed by atoms with Crippen LogP contribution < -0.4 is 10.1 Å². The van der Waals surface area contributed by atoms with E-state index in [0.29, 0.717) is 12.5 Å². The molecule has 0 amide bonds.